The molecule has 0 N–H and O–H groups in total. The summed E-state index contributed by atoms with van der Waals surface area (Å²) in [5.41, 5.74) is 0. The molecule has 1 aromatic rings. The summed E-state index contributed by atoms with van der Waals surface area (Å²) in [4.78, 5) is 18.9. The van der Waals surface area contributed by atoms with Crippen LogP contribution in [0.2, 0.25) is 0 Å². The number of amides is 1. The number of carbonyl (C=O) groups excluding carboxylic acids is 1. The van der Waals surface area contributed by atoms with Crippen molar-refractivity contribution in [3.8, 4) is 0 Å². The van der Waals surface area contributed by atoms with E-state index in [4.69, 9.17) is 4.52 Å². The molecule has 5 nitrogen and oxygen atoms in total. The molecule has 1 aromatic heterocycles. The second kappa shape index (κ2) is 5.43. The van der Waals surface area contributed by atoms with Crippen LogP contribution in [0.4, 0.5) is 0 Å². The third kappa shape index (κ3) is 2.47. The van der Waals surface area contributed by atoms with Crippen molar-refractivity contribution in [2.75, 3.05) is 13.1 Å². The predicted octanol–water partition coefficient (Wildman–Crippen LogP) is 2.84. The zero-order chi connectivity index (χ0) is 14.2. The molecule has 3 fully saturated rings. The Bertz CT molecular complexity index is 517. The fourth-order valence-corrected chi connectivity index (χ4v) is 3.84. The van der Waals surface area contributed by atoms with Crippen molar-refractivity contribution in [3.05, 3.63) is 11.7 Å². The molecule has 2 aliphatic carbocycles. The van der Waals surface area contributed by atoms with Crippen molar-refractivity contribution in [2.45, 2.75) is 63.2 Å². The van der Waals surface area contributed by atoms with Crippen molar-refractivity contribution in [3.63, 3.8) is 0 Å². The van der Waals surface area contributed by atoms with E-state index in [0.29, 0.717) is 17.7 Å². The van der Waals surface area contributed by atoms with Gasteiger partial charge in [0, 0.05) is 24.9 Å². The highest BCUT2D eigenvalue weighted by atomic mass is 16.5. The molecule has 0 bridgehead atoms. The Labute approximate surface area is 125 Å². The largest absolute Gasteiger partial charge is 0.342 e. The molecule has 0 radical (unpaired) electrons. The van der Waals surface area contributed by atoms with Gasteiger partial charge < -0.3 is 9.42 Å². The van der Waals surface area contributed by atoms with Crippen molar-refractivity contribution in [1.82, 2.24) is 15.0 Å². The van der Waals surface area contributed by atoms with Crippen LogP contribution in [0.3, 0.4) is 0 Å². The van der Waals surface area contributed by atoms with Crippen LogP contribution in [0.5, 0.6) is 0 Å². The maximum absolute atomic E-state index is 12.3. The van der Waals surface area contributed by atoms with Gasteiger partial charge in [-0.2, -0.15) is 4.98 Å². The van der Waals surface area contributed by atoms with Gasteiger partial charge in [0.15, 0.2) is 5.82 Å². The lowest BCUT2D eigenvalue weighted by molar-refractivity contribution is -0.137. The summed E-state index contributed by atoms with van der Waals surface area (Å²) in [6.07, 6.45) is 9.26. The number of rotatable bonds is 3. The first kappa shape index (κ1) is 13.3. The van der Waals surface area contributed by atoms with Crippen LogP contribution < -0.4 is 0 Å². The van der Waals surface area contributed by atoms with Crippen molar-refractivity contribution >= 4 is 5.91 Å². The summed E-state index contributed by atoms with van der Waals surface area (Å²) >= 11 is 0. The Hall–Kier alpha value is -1.39. The molecule has 4 rings (SSSR count). The first-order chi connectivity index (χ1) is 10.3. The summed E-state index contributed by atoms with van der Waals surface area (Å²) in [6.45, 7) is 1.61. The van der Waals surface area contributed by atoms with Crippen molar-refractivity contribution < 1.29 is 9.32 Å². The Morgan fingerprint density at radius 1 is 1.05 bits per heavy atom. The highest BCUT2D eigenvalue weighted by molar-refractivity contribution is 5.79. The van der Waals surface area contributed by atoms with E-state index in [-0.39, 0.29) is 5.92 Å². The average Bonchev–Trinajstić information content (AvgIpc) is 3.17. The predicted molar refractivity (Wildman–Crippen MR) is 76.8 cm³/mol. The van der Waals surface area contributed by atoms with E-state index in [1.807, 2.05) is 4.90 Å². The van der Waals surface area contributed by atoms with Gasteiger partial charge in [-0.15, -0.1) is 0 Å². The van der Waals surface area contributed by atoms with Crippen LogP contribution in [0.25, 0.3) is 0 Å². The Balaban J connectivity index is 1.39. The van der Waals surface area contributed by atoms with Crippen LogP contribution >= 0.6 is 0 Å². The van der Waals surface area contributed by atoms with Gasteiger partial charge in [0.1, 0.15) is 0 Å². The molecular formula is C16H23N3O2. The zero-order valence-corrected chi connectivity index (χ0v) is 12.5. The van der Waals surface area contributed by atoms with Crippen LogP contribution in [0, 0.1) is 5.92 Å². The smallest absolute Gasteiger partial charge is 0.231 e. The van der Waals surface area contributed by atoms with E-state index in [9.17, 15) is 4.79 Å². The Kier molecular flexibility index (Phi) is 3.43. The van der Waals surface area contributed by atoms with Gasteiger partial charge >= 0.3 is 0 Å². The molecule has 3 aliphatic rings. The molecule has 1 amide bonds. The number of carbonyl (C=O) groups is 1. The maximum atomic E-state index is 12.3. The van der Waals surface area contributed by atoms with Crippen LogP contribution in [0.1, 0.15) is 74.9 Å². The lowest BCUT2D eigenvalue weighted by atomic mass is 9.84. The number of aromatic nitrogens is 2. The molecule has 114 valence electrons. The minimum atomic E-state index is 0.247. The second-order valence-corrected chi connectivity index (χ2v) is 6.87. The number of likely N-dealkylation sites (tertiary alicyclic amines) is 1. The third-order valence-corrected chi connectivity index (χ3v) is 5.48. The molecule has 2 heterocycles. The van der Waals surface area contributed by atoms with Gasteiger partial charge in [-0.3, -0.25) is 4.79 Å². The maximum Gasteiger partial charge on any atom is 0.231 e. The highest BCUT2D eigenvalue weighted by Gasteiger charge is 2.36. The lowest BCUT2D eigenvalue weighted by Gasteiger charge is -2.28. The summed E-state index contributed by atoms with van der Waals surface area (Å²) < 4.78 is 5.49. The lowest BCUT2D eigenvalue weighted by Crippen LogP contribution is -2.37. The molecule has 1 saturated heterocycles. The first-order valence-corrected chi connectivity index (χ1v) is 8.43. The second-order valence-electron chi connectivity index (χ2n) is 6.87. The molecule has 1 aliphatic heterocycles. The van der Waals surface area contributed by atoms with Gasteiger partial charge in [-0.05, 0) is 32.1 Å². The van der Waals surface area contributed by atoms with E-state index >= 15 is 0 Å². The van der Waals surface area contributed by atoms with Gasteiger partial charge in [0.05, 0.1) is 5.92 Å². The summed E-state index contributed by atoms with van der Waals surface area (Å²) in [6, 6.07) is 0. The monoisotopic (exact) mass is 289 g/mol. The van der Waals surface area contributed by atoms with Crippen LogP contribution in [0.15, 0.2) is 4.52 Å². The normalized spacial score (nSPS) is 27.2. The van der Waals surface area contributed by atoms with E-state index in [2.05, 4.69) is 10.1 Å². The summed E-state index contributed by atoms with van der Waals surface area (Å²) in [7, 11) is 0. The molecule has 21 heavy (non-hydrogen) atoms. The van der Waals surface area contributed by atoms with E-state index in [1.165, 1.54) is 32.1 Å². The minimum absolute atomic E-state index is 0.247. The van der Waals surface area contributed by atoms with Crippen molar-refractivity contribution in [1.29, 1.82) is 0 Å². The topological polar surface area (TPSA) is 59.2 Å². The summed E-state index contributed by atoms with van der Waals surface area (Å²) in [5, 5.41) is 4.19. The van der Waals surface area contributed by atoms with Crippen molar-refractivity contribution in [2.24, 2.45) is 5.92 Å². The number of hydrogen-bond donors (Lipinski definition) is 0. The fourth-order valence-electron chi connectivity index (χ4n) is 3.84. The third-order valence-electron chi connectivity index (χ3n) is 5.48. The molecule has 2 saturated carbocycles. The van der Waals surface area contributed by atoms with Crippen LogP contribution in [-0.2, 0) is 4.79 Å². The van der Waals surface area contributed by atoms with Gasteiger partial charge in [-0.1, -0.05) is 24.4 Å². The molecule has 0 aromatic carbocycles. The van der Waals surface area contributed by atoms with Crippen LogP contribution in [-0.4, -0.2) is 34.0 Å². The van der Waals surface area contributed by atoms with Gasteiger partial charge in [0.2, 0.25) is 11.8 Å². The molecule has 0 spiro atoms. The van der Waals surface area contributed by atoms with Gasteiger partial charge in [-0.25, -0.2) is 0 Å². The Morgan fingerprint density at radius 2 is 1.86 bits per heavy atom. The molecule has 1 atom stereocenters. The first-order valence-electron chi connectivity index (χ1n) is 8.43. The number of nitrogens with zero attached hydrogens (tertiary/aromatic N) is 3. The molecule has 5 heteroatoms. The van der Waals surface area contributed by atoms with E-state index < -0.39 is 0 Å². The quantitative estimate of drug-likeness (QED) is 0.858. The number of hydrogen-bond acceptors (Lipinski definition) is 4. The Morgan fingerprint density at radius 3 is 2.57 bits per heavy atom. The molecule has 0 unspecified atom stereocenters. The summed E-state index contributed by atoms with van der Waals surface area (Å²) in [5.74, 6) is 3.03. The zero-order valence-electron chi connectivity index (χ0n) is 12.5. The van der Waals surface area contributed by atoms with E-state index in [0.717, 1.165) is 44.1 Å². The standard InChI is InChI=1S/C16H23N3O2/c20-16(12-6-3-7-12)19-9-8-13(10-19)15-17-14(18-21-15)11-4-1-2-5-11/h11-13H,1-10H2/t13-/m1/s1. The SMILES string of the molecule is O=C(C1CCC1)N1CC[C@@H](c2nc(C3CCCC3)no2)C1. The van der Waals surface area contributed by atoms with Gasteiger partial charge in [0.25, 0.3) is 0 Å². The minimum Gasteiger partial charge on any atom is -0.342 e. The molecular weight excluding hydrogens is 266 g/mol. The highest BCUT2D eigenvalue weighted by Crippen LogP contribution is 2.35. The van der Waals surface area contributed by atoms with E-state index in [1.54, 1.807) is 0 Å². The fraction of sp³-hybridized carbons (Fsp3) is 0.812. The average molecular weight is 289 g/mol.